The summed E-state index contributed by atoms with van der Waals surface area (Å²) in [5.74, 6) is -6.20. The first-order valence-corrected chi connectivity index (χ1v) is 10.1. The van der Waals surface area contributed by atoms with Crippen LogP contribution in [0.1, 0.15) is 67.2 Å². The van der Waals surface area contributed by atoms with E-state index < -0.39 is 52.7 Å². The third kappa shape index (κ3) is 7.18. The number of methoxy groups -OCH3 is 1. The summed E-state index contributed by atoms with van der Waals surface area (Å²) in [5, 5.41) is 44.5. The van der Waals surface area contributed by atoms with Gasteiger partial charge < -0.3 is 30.3 Å². The second-order valence-corrected chi connectivity index (χ2v) is 8.74. The number of ether oxygens (including phenoxy) is 1. The Morgan fingerprint density at radius 2 is 1.19 bits per heavy atom. The minimum absolute atomic E-state index is 0.00112. The minimum atomic E-state index is -2.30. The molecule has 0 saturated heterocycles. The van der Waals surface area contributed by atoms with Crippen molar-refractivity contribution in [3.63, 3.8) is 0 Å². The SMILES string of the molecule is CC(C)C(CCCC(=O)O)(C(=O)O)C(C)C.COC(CC(=O)O)(C(=O)O)C(C)(C)C(=O)O. The van der Waals surface area contributed by atoms with E-state index in [1.807, 2.05) is 27.7 Å². The summed E-state index contributed by atoms with van der Waals surface area (Å²) >= 11 is 0. The summed E-state index contributed by atoms with van der Waals surface area (Å²) in [5.41, 5.74) is -4.98. The van der Waals surface area contributed by atoms with Crippen molar-refractivity contribution in [3.05, 3.63) is 0 Å². The molecule has 0 aromatic rings. The first-order valence-electron chi connectivity index (χ1n) is 10.1. The van der Waals surface area contributed by atoms with Crippen molar-refractivity contribution in [3.8, 4) is 0 Å². The second-order valence-electron chi connectivity index (χ2n) is 8.74. The Balaban J connectivity index is 0. The fourth-order valence-electron chi connectivity index (χ4n) is 3.74. The van der Waals surface area contributed by atoms with Gasteiger partial charge in [-0.05, 0) is 38.5 Å². The molecule has 0 aliphatic carbocycles. The van der Waals surface area contributed by atoms with Crippen LogP contribution in [-0.4, -0.2) is 68.1 Å². The molecule has 0 aromatic heterocycles. The van der Waals surface area contributed by atoms with Crippen LogP contribution < -0.4 is 0 Å². The maximum Gasteiger partial charge on any atom is 0.337 e. The number of carboxylic acid groups (broad SMARTS) is 5. The van der Waals surface area contributed by atoms with Crippen LogP contribution >= 0.6 is 0 Å². The van der Waals surface area contributed by atoms with Crippen LogP contribution in [-0.2, 0) is 28.7 Å². The zero-order valence-corrected chi connectivity index (χ0v) is 19.7. The maximum atomic E-state index is 11.4. The Labute approximate surface area is 187 Å². The van der Waals surface area contributed by atoms with Crippen LogP contribution in [0, 0.1) is 22.7 Å². The molecule has 186 valence electrons. The van der Waals surface area contributed by atoms with Crippen LogP contribution in [0.2, 0.25) is 0 Å². The van der Waals surface area contributed by atoms with Crippen LogP contribution in [0.5, 0.6) is 0 Å². The quantitative estimate of drug-likeness (QED) is 0.269. The summed E-state index contributed by atoms with van der Waals surface area (Å²) in [6, 6.07) is 0. The fourth-order valence-corrected chi connectivity index (χ4v) is 3.74. The van der Waals surface area contributed by atoms with E-state index in [0.29, 0.717) is 12.8 Å². The Hall–Kier alpha value is -2.69. The maximum absolute atomic E-state index is 11.4. The van der Waals surface area contributed by atoms with Gasteiger partial charge in [0.05, 0.1) is 11.8 Å². The van der Waals surface area contributed by atoms with E-state index in [1.165, 1.54) is 0 Å². The zero-order chi connectivity index (χ0) is 26.1. The molecular formula is C21H36O11. The van der Waals surface area contributed by atoms with E-state index in [4.69, 9.17) is 20.4 Å². The number of carboxylic acids is 5. The summed E-state index contributed by atoms with van der Waals surface area (Å²) in [7, 11) is 0.974. The molecule has 0 saturated carbocycles. The summed E-state index contributed by atoms with van der Waals surface area (Å²) in [4.78, 5) is 54.6. The molecule has 32 heavy (non-hydrogen) atoms. The first kappa shape index (κ1) is 31.5. The molecule has 11 nitrogen and oxygen atoms in total. The van der Waals surface area contributed by atoms with Gasteiger partial charge in [0.1, 0.15) is 5.41 Å². The van der Waals surface area contributed by atoms with Crippen molar-refractivity contribution in [2.75, 3.05) is 7.11 Å². The van der Waals surface area contributed by atoms with Crippen molar-refractivity contribution in [1.82, 2.24) is 0 Å². The summed E-state index contributed by atoms with van der Waals surface area (Å²) < 4.78 is 4.68. The monoisotopic (exact) mass is 464 g/mol. The summed E-state index contributed by atoms with van der Waals surface area (Å²) in [6.45, 7) is 9.75. The largest absolute Gasteiger partial charge is 0.481 e. The Morgan fingerprint density at radius 3 is 1.41 bits per heavy atom. The number of hydrogen-bond acceptors (Lipinski definition) is 6. The van der Waals surface area contributed by atoms with Gasteiger partial charge in [-0.2, -0.15) is 0 Å². The van der Waals surface area contributed by atoms with Crippen LogP contribution in [0.25, 0.3) is 0 Å². The molecule has 11 heteroatoms. The van der Waals surface area contributed by atoms with E-state index in [1.54, 1.807) is 0 Å². The molecule has 0 radical (unpaired) electrons. The molecule has 0 fully saturated rings. The lowest BCUT2D eigenvalue weighted by Crippen LogP contribution is -2.57. The fraction of sp³-hybridized carbons (Fsp3) is 0.762. The van der Waals surface area contributed by atoms with E-state index >= 15 is 0 Å². The molecular weight excluding hydrogens is 428 g/mol. The predicted molar refractivity (Wildman–Crippen MR) is 112 cm³/mol. The van der Waals surface area contributed by atoms with Crippen molar-refractivity contribution in [1.29, 1.82) is 0 Å². The van der Waals surface area contributed by atoms with E-state index in [0.717, 1.165) is 21.0 Å². The van der Waals surface area contributed by atoms with E-state index in [2.05, 4.69) is 4.74 Å². The van der Waals surface area contributed by atoms with Gasteiger partial charge in [0.15, 0.2) is 5.60 Å². The van der Waals surface area contributed by atoms with E-state index in [-0.39, 0.29) is 18.3 Å². The van der Waals surface area contributed by atoms with Gasteiger partial charge in [0.25, 0.3) is 0 Å². The van der Waals surface area contributed by atoms with Gasteiger partial charge in [-0.25, -0.2) is 4.79 Å². The molecule has 1 unspecified atom stereocenters. The highest BCUT2D eigenvalue weighted by Gasteiger charge is 2.58. The molecule has 0 rings (SSSR count). The standard InChI is InChI=1S/C12H22O4.C9H14O7/c1-8(2)12(9(3)4,11(15)16)7-5-6-10(13)14;1-8(2,6(12)13)9(16-3,7(14)15)4-5(10)11/h8-9H,5-7H2,1-4H3,(H,13,14)(H,15,16);4H2,1-3H3,(H,10,11)(H,12,13)(H,14,15). The van der Waals surface area contributed by atoms with Gasteiger partial charge in [0.2, 0.25) is 0 Å². The molecule has 0 amide bonds. The smallest absolute Gasteiger partial charge is 0.337 e. The number of carbonyl (C=O) groups is 5. The van der Waals surface area contributed by atoms with Gasteiger partial charge in [0, 0.05) is 13.5 Å². The number of aliphatic carboxylic acids is 5. The predicted octanol–water partition coefficient (Wildman–Crippen LogP) is 2.67. The molecule has 0 aromatic carbocycles. The Morgan fingerprint density at radius 1 is 0.750 bits per heavy atom. The highest BCUT2D eigenvalue weighted by Crippen LogP contribution is 2.41. The second kappa shape index (κ2) is 12.4. The van der Waals surface area contributed by atoms with E-state index in [9.17, 15) is 29.1 Å². The Bertz CT molecular complexity index is 686. The highest BCUT2D eigenvalue weighted by molar-refractivity contribution is 5.91. The highest BCUT2D eigenvalue weighted by atomic mass is 16.5. The lowest BCUT2D eigenvalue weighted by Gasteiger charge is -2.37. The van der Waals surface area contributed by atoms with Crippen molar-refractivity contribution in [2.45, 2.75) is 72.8 Å². The van der Waals surface area contributed by atoms with Crippen molar-refractivity contribution < 1.29 is 54.2 Å². The van der Waals surface area contributed by atoms with Gasteiger partial charge >= 0.3 is 29.8 Å². The van der Waals surface area contributed by atoms with Crippen molar-refractivity contribution in [2.24, 2.45) is 22.7 Å². The lowest BCUT2D eigenvalue weighted by molar-refractivity contribution is -0.195. The average Bonchev–Trinajstić information content (AvgIpc) is 2.61. The molecule has 1 atom stereocenters. The third-order valence-electron chi connectivity index (χ3n) is 6.08. The molecule has 0 heterocycles. The zero-order valence-electron chi connectivity index (χ0n) is 19.7. The molecule has 5 N–H and O–H groups in total. The average molecular weight is 465 g/mol. The molecule has 0 aliphatic heterocycles. The van der Waals surface area contributed by atoms with Gasteiger partial charge in [-0.3, -0.25) is 19.2 Å². The van der Waals surface area contributed by atoms with Crippen LogP contribution in [0.4, 0.5) is 0 Å². The van der Waals surface area contributed by atoms with Gasteiger partial charge in [-0.15, -0.1) is 0 Å². The van der Waals surface area contributed by atoms with Crippen LogP contribution in [0.3, 0.4) is 0 Å². The number of hydrogen-bond donors (Lipinski definition) is 5. The molecule has 0 aliphatic rings. The van der Waals surface area contributed by atoms with Crippen molar-refractivity contribution >= 4 is 29.8 Å². The van der Waals surface area contributed by atoms with Gasteiger partial charge in [-0.1, -0.05) is 27.7 Å². The Kier molecular flexibility index (Phi) is 12.2. The normalized spacial score (nSPS) is 13.7. The summed E-state index contributed by atoms with van der Waals surface area (Å²) in [6.07, 6.45) is -0.0609. The first-order chi connectivity index (χ1) is 14.4. The molecule has 0 spiro atoms. The topological polar surface area (TPSA) is 196 Å². The lowest BCUT2D eigenvalue weighted by atomic mass is 9.66. The van der Waals surface area contributed by atoms with Crippen LogP contribution in [0.15, 0.2) is 0 Å². The third-order valence-corrected chi connectivity index (χ3v) is 6.08. The minimum Gasteiger partial charge on any atom is -0.481 e. The molecule has 0 bridgehead atoms. The number of rotatable bonds is 13.